The van der Waals surface area contributed by atoms with Gasteiger partial charge in [0.05, 0.1) is 23.8 Å². The summed E-state index contributed by atoms with van der Waals surface area (Å²) >= 11 is 0. The lowest BCUT2D eigenvalue weighted by Crippen LogP contribution is -2.57. The number of rotatable bonds is 1. The number of hydrogen-bond acceptors (Lipinski definition) is 4. The van der Waals surface area contributed by atoms with Gasteiger partial charge in [0.1, 0.15) is 0 Å². The van der Waals surface area contributed by atoms with Gasteiger partial charge in [-0.05, 0) is 19.4 Å². The van der Waals surface area contributed by atoms with E-state index in [9.17, 15) is 4.79 Å². The first-order valence-corrected chi connectivity index (χ1v) is 7.58. The molecule has 6 heteroatoms. The Morgan fingerprint density at radius 1 is 1.35 bits per heavy atom. The smallest absolute Gasteiger partial charge is 0.240 e. The molecule has 3 aliphatic rings. The molecule has 0 aliphatic carbocycles. The predicted octanol–water partition coefficient (Wildman–Crippen LogP) is -0.269. The van der Waals surface area contributed by atoms with E-state index in [4.69, 9.17) is 0 Å². The van der Waals surface area contributed by atoms with Crippen molar-refractivity contribution in [3.8, 4) is 0 Å². The van der Waals surface area contributed by atoms with E-state index in [1.165, 1.54) is 19.4 Å². The number of fused-ring (bicyclic) bond motifs is 2. The summed E-state index contributed by atoms with van der Waals surface area (Å²) in [5.41, 5.74) is 2.16. The van der Waals surface area contributed by atoms with Crippen LogP contribution in [0.5, 0.6) is 0 Å². The summed E-state index contributed by atoms with van der Waals surface area (Å²) < 4.78 is 0. The monoisotopic (exact) mass is 275 g/mol. The summed E-state index contributed by atoms with van der Waals surface area (Å²) in [6.07, 6.45) is 4.95. The highest BCUT2D eigenvalue weighted by Crippen LogP contribution is 2.22. The molecule has 20 heavy (non-hydrogen) atoms. The van der Waals surface area contributed by atoms with Crippen LogP contribution in [0.15, 0.2) is 6.33 Å². The van der Waals surface area contributed by atoms with Crippen LogP contribution < -0.4 is 5.32 Å². The van der Waals surface area contributed by atoms with Gasteiger partial charge in [-0.3, -0.25) is 15.0 Å². The molecule has 0 bridgehead atoms. The van der Waals surface area contributed by atoms with Crippen LogP contribution in [0.2, 0.25) is 0 Å². The van der Waals surface area contributed by atoms with Crippen molar-refractivity contribution in [3.63, 3.8) is 0 Å². The maximum atomic E-state index is 12.7. The van der Waals surface area contributed by atoms with Crippen LogP contribution in [0.3, 0.4) is 0 Å². The molecule has 0 radical (unpaired) electrons. The van der Waals surface area contributed by atoms with Crippen LogP contribution in [-0.4, -0.2) is 63.9 Å². The van der Waals surface area contributed by atoms with E-state index in [2.05, 4.69) is 25.1 Å². The topological polar surface area (TPSA) is 64.3 Å². The molecule has 0 aromatic carbocycles. The number of nitrogens with one attached hydrogen (secondary N) is 2. The standard InChI is InChI=1S/C14H21N5O/c20-14(12-6-11-13(7-15-12)17-9-16-11)19-5-4-18-3-1-2-10(18)8-19/h9-10,12,15H,1-8H2,(H,16,17). The van der Waals surface area contributed by atoms with Crippen molar-refractivity contribution in [2.75, 3.05) is 26.2 Å². The third-order valence-corrected chi connectivity index (χ3v) is 4.93. The fraction of sp³-hybridized carbons (Fsp3) is 0.714. The number of amides is 1. The van der Waals surface area contributed by atoms with E-state index in [0.29, 0.717) is 12.5 Å². The number of carbonyl (C=O) groups excluding carboxylic acids is 1. The largest absolute Gasteiger partial charge is 0.347 e. The summed E-state index contributed by atoms with van der Waals surface area (Å²) in [5.74, 6) is 0.255. The Morgan fingerprint density at radius 3 is 3.25 bits per heavy atom. The van der Waals surface area contributed by atoms with E-state index in [1.807, 2.05) is 0 Å². The number of hydrogen-bond donors (Lipinski definition) is 2. The molecule has 6 nitrogen and oxygen atoms in total. The van der Waals surface area contributed by atoms with Crippen molar-refractivity contribution < 1.29 is 4.79 Å². The van der Waals surface area contributed by atoms with E-state index in [-0.39, 0.29) is 11.9 Å². The first-order chi connectivity index (χ1) is 9.81. The maximum absolute atomic E-state index is 12.7. The lowest BCUT2D eigenvalue weighted by Gasteiger charge is -2.39. The molecule has 2 N–H and O–H groups in total. The second-order valence-corrected chi connectivity index (χ2v) is 6.08. The molecule has 1 aromatic heterocycles. The summed E-state index contributed by atoms with van der Waals surface area (Å²) in [7, 11) is 0. The normalized spacial score (nSPS) is 30.1. The number of piperazine rings is 1. The van der Waals surface area contributed by atoms with Crippen molar-refractivity contribution >= 4 is 5.91 Å². The minimum Gasteiger partial charge on any atom is -0.347 e. The zero-order valence-electron chi connectivity index (χ0n) is 11.6. The molecule has 2 atom stereocenters. The lowest BCUT2D eigenvalue weighted by molar-refractivity contribution is -0.136. The molecule has 4 heterocycles. The number of carbonyl (C=O) groups is 1. The van der Waals surface area contributed by atoms with Crippen LogP contribution in [0.1, 0.15) is 24.2 Å². The first-order valence-electron chi connectivity index (χ1n) is 7.58. The summed E-state index contributed by atoms with van der Waals surface area (Å²) in [4.78, 5) is 24.7. The third-order valence-electron chi connectivity index (χ3n) is 4.93. The molecule has 2 saturated heterocycles. The van der Waals surface area contributed by atoms with Gasteiger partial charge in [0.25, 0.3) is 0 Å². The minimum absolute atomic E-state index is 0.0984. The molecule has 2 unspecified atom stereocenters. The van der Waals surface area contributed by atoms with E-state index >= 15 is 0 Å². The van der Waals surface area contributed by atoms with Gasteiger partial charge in [0.2, 0.25) is 5.91 Å². The minimum atomic E-state index is -0.0984. The molecule has 0 spiro atoms. The molecular weight excluding hydrogens is 254 g/mol. The number of aromatic nitrogens is 2. The zero-order chi connectivity index (χ0) is 13.5. The molecule has 0 saturated carbocycles. The lowest BCUT2D eigenvalue weighted by atomic mass is 10.0. The summed E-state index contributed by atoms with van der Waals surface area (Å²) in [5, 5.41) is 3.34. The van der Waals surface area contributed by atoms with Crippen molar-refractivity contribution in [2.45, 2.75) is 37.9 Å². The molecule has 3 aliphatic heterocycles. The number of H-pyrrole nitrogens is 1. The second kappa shape index (κ2) is 4.86. The zero-order valence-corrected chi connectivity index (χ0v) is 11.6. The van der Waals surface area contributed by atoms with E-state index in [0.717, 1.165) is 37.6 Å². The Morgan fingerprint density at radius 2 is 2.30 bits per heavy atom. The average molecular weight is 275 g/mol. The number of imidazole rings is 1. The Hall–Kier alpha value is -1.40. The van der Waals surface area contributed by atoms with Gasteiger partial charge in [0, 0.05) is 38.6 Å². The fourth-order valence-electron chi connectivity index (χ4n) is 3.76. The number of aromatic amines is 1. The second-order valence-electron chi connectivity index (χ2n) is 6.08. The molecule has 4 rings (SSSR count). The van der Waals surface area contributed by atoms with Gasteiger partial charge in [-0.2, -0.15) is 0 Å². The maximum Gasteiger partial charge on any atom is 0.240 e. The van der Waals surface area contributed by atoms with Crippen LogP contribution >= 0.6 is 0 Å². The van der Waals surface area contributed by atoms with Gasteiger partial charge in [0.15, 0.2) is 0 Å². The Labute approximate surface area is 118 Å². The SMILES string of the molecule is O=C(C1Cc2nc[nH]c2CN1)N1CCN2CCCC2C1. The molecule has 1 amide bonds. The first kappa shape index (κ1) is 12.3. The van der Waals surface area contributed by atoms with Crippen molar-refractivity contribution in [3.05, 3.63) is 17.7 Å². The molecular formula is C14H21N5O. The number of nitrogens with zero attached hydrogens (tertiary/aromatic N) is 3. The Balaban J connectivity index is 1.43. The average Bonchev–Trinajstić information content (AvgIpc) is 3.13. The Kier molecular flexibility index (Phi) is 3.00. The van der Waals surface area contributed by atoms with Crippen LogP contribution in [0.25, 0.3) is 0 Å². The van der Waals surface area contributed by atoms with Crippen molar-refractivity contribution in [2.24, 2.45) is 0 Å². The van der Waals surface area contributed by atoms with E-state index in [1.54, 1.807) is 6.33 Å². The van der Waals surface area contributed by atoms with Crippen molar-refractivity contribution in [1.29, 1.82) is 0 Å². The Bertz CT molecular complexity index is 513. The van der Waals surface area contributed by atoms with Crippen LogP contribution in [-0.2, 0) is 17.8 Å². The van der Waals surface area contributed by atoms with Gasteiger partial charge < -0.3 is 9.88 Å². The highest BCUT2D eigenvalue weighted by molar-refractivity contribution is 5.82. The van der Waals surface area contributed by atoms with Gasteiger partial charge >= 0.3 is 0 Å². The van der Waals surface area contributed by atoms with Gasteiger partial charge in [-0.1, -0.05) is 0 Å². The van der Waals surface area contributed by atoms with Gasteiger partial charge in [-0.15, -0.1) is 0 Å². The van der Waals surface area contributed by atoms with Crippen LogP contribution in [0, 0.1) is 0 Å². The molecule has 2 fully saturated rings. The van der Waals surface area contributed by atoms with Crippen molar-refractivity contribution in [1.82, 2.24) is 25.1 Å². The highest BCUT2D eigenvalue weighted by Gasteiger charge is 2.36. The van der Waals surface area contributed by atoms with E-state index < -0.39 is 0 Å². The van der Waals surface area contributed by atoms with Crippen LogP contribution in [0.4, 0.5) is 0 Å². The molecule has 108 valence electrons. The van der Waals surface area contributed by atoms with Gasteiger partial charge in [-0.25, -0.2) is 4.98 Å². The third kappa shape index (κ3) is 2.03. The fourth-order valence-corrected chi connectivity index (χ4v) is 3.76. The quantitative estimate of drug-likeness (QED) is 0.740. The summed E-state index contributed by atoms with van der Waals surface area (Å²) in [6, 6.07) is 0.496. The molecule has 1 aromatic rings. The predicted molar refractivity (Wildman–Crippen MR) is 74.1 cm³/mol. The highest BCUT2D eigenvalue weighted by atomic mass is 16.2. The summed E-state index contributed by atoms with van der Waals surface area (Å²) in [6.45, 7) is 4.75.